The van der Waals surface area contributed by atoms with Crippen LogP contribution >= 0.6 is 11.5 Å². The Morgan fingerprint density at radius 2 is 2.43 bits per heavy atom. The third kappa shape index (κ3) is 2.05. The van der Waals surface area contributed by atoms with Gasteiger partial charge in [-0.2, -0.15) is 0 Å². The molecule has 0 radical (unpaired) electrons. The van der Waals surface area contributed by atoms with Crippen LogP contribution < -0.4 is 4.74 Å². The van der Waals surface area contributed by atoms with Crippen LogP contribution in [0.5, 0.6) is 5.75 Å². The van der Waals surface area contributed by atoms with Gasteiger partial charge in [0, 0.05) is 11.6 Å². The Hall–Kier alpha value is -1.49. The minimum Gasteiger partial charge on any atom is -0.485 e. The molecule has 0 aliphatic carbocycles. The third-order valence-corrected chi connectivity index (χ3v) is 2.29. The molecule has 0 saturated carbocycles. The molecule has 0 bridgehead atoms. The summed E-state index contributed by atoms with van der Waals surface area (Å²) in [6.45, 7) is 2.36. The topological polar surface area (TPSA) is 47.9 Å². The van der Waals surface area contributed by atoms with Gasteiger partial charge in [0.15, 0.2) is 0 Å². The van der Waals surface area contributed by atoms with Crippen molar-refractivity contribution in [3.8, 4) is 5.75 Å². The van der Waals surface area contributed by atoms with E-state index in [-0.39, 0.29) is 0 Å². The second kappa shape index (κ2) is 4.15. The van der Waals surface area contributed by atoms with Gasteiger partial charge in [-0.15, -0.1) is 5.10 Å². The summed E-state index contributed by atoms with van der Waals surface area (Å²) < 4.78 is 9.28. The van der Waals surface area contributed by atoms with Crippen molar-refractivity contribution in [2.75, 3.05) is 0 Å². The maximum atomic E-state index is 5.52. The lowest BCUT2D eigenvalue weighted by Gasteiger charge is -2.05. The van der Waals surface area contributed by atoms with E-state index in [1.807, 2.05) is 24.4 Å². The van der Waals surface area contributed by atoms with Crippen LogP contribution in [0.4, 0.5) is 0 Å². The summed E-state index contributed by atoms with van der Waals surface area (Å²) in [5.41, 5.74) is 1.73. The summed E-state index contributed by atoms with van der Waals surface area (Å²) >= 11 is 1.32. The van der Waals surface area contributed by atoms with E-state index in [9.17, 15) is 0 Å². The maximum absolute atomic E-state index is 5.52. The molecule has 0 saturated heterocycles. The van der Waals surface area contributed by atoms with Gasteiger partial charge in [0.05, 0.1) is 5.69 Å². The third-order valence-electron chi connectivity index (χ3n) is 1.74. The van der Waals surface area contributed by atoms with Crippen LogP contribution in [0.3, 0.4) is 0 Å². The monoisotopic (exact) mass is 207 g/mol. The predicted octanol–water partition coefficient (Wildman–Crippen LogP) is 1.82. The van der Waals surface area contributed by atoms with Crippen LogP contribution in [0.1, 0.15) is 11.4 Å². The van der Waals surface area contributed by atoms with E-state index < -0.39 is 0 Å². The zero-order chi connectivity index (χ0) is 9.80. The van der Waals surface area contributed by atoms with E-state index in [1.54, 1.807) is 6.20 Å². The first-order valence-electron chi connectivity index (χ1n) is 4.16. The van der Waals surface area contributed by atoms with Gasteiger partial charge >= 0.3 is 0 Å². The number of hydrogen-bond donors (Lipinski definition) is 0. The Bertz CT molecular complexity index is 402. The number of nitrogens with zero attached hydrogens (tertiary/aromatic N) is 3. The van der Waals surface area contributed by atoms with Gasteiger partial charge in [-0.25, -0.2) is 0 Å². The highest BCUT2D eigenvalue weighted by atomic mass is 32.1. The Morgan fingerprint density at radius 1 is 1.50 bits per heavy atom. The van der Waals surface area contributed by atoms with Crippen LogP contribution in [-0.4, -0.2) is 14.6 Å². The molecule has 2 rings (SSSR count). The molecule has 0 aliphatic rings. The molecular weight excluding hydrogens is 198 g/mol. The van der Waals surface area contributed by atoms with Crippen molar-refractivity contribution in [1.82, 2.24) is 14.6 Å². The molecular formula is C9H9N3OS. The molecule has 72 valence electrons. The maximum Gasteiger partial charge on any atom is 0.141 e. The first-order valence-corrected chi connectivity index (χ1v) is 5.00. The summed E-state index contributed by atoms with van der Waals surface area (Å²) in [4.78, 5) is 4.12. The van der Waals surface area contributed by atoms with Gasteiger partial charge in [0.2, 0.25) is 0 Å². The van der Waals surface area contributed by atoms with Crippen LogP contribution in [0, 0.1) is 6.92 Å². The van der Waals surface area contributed by atoms with Gasteiger partial charge in [-0.1, -0.05) is 4.49 Å². The van der Waals surface area contributed by atoms with E-state index in [1.165, 1.54) is 11.5 Å². The van der Waals surface area contributed by atoms with Crippen molar-refractivity contribution in [2.24, 2.45) is 0 Å². The summed E-state index contributed by atoms with van der Waals surface area (Å²) in [6, 6.07) is 3.74. The Morgan fingerprint density at radius 3 is 3.14 bits per heavy atom. The zero-order valence-corrected chi connectivity index (χ0v) is 8.49. The molecule has 0 unspecified atom stereocenters. The highest BCUT2D eigenvalue weighted by molar-refractivity contribution is 7.03. The summed E-state index contributed by atoms with van der Waals surface area (Å²) in [7, 11) is 0. The van der Waals surface area contributed by atoms with Crippen molar-refractivity contribution in [1.29, 1.82) is 0 Å². The number of aromatic nitrogens is 3. The second-order valence-electron chi connectivity index (χ2n) is 2.77. The fourth-order valence-electron chi connectivity index (χ4n) is 1.02. The summed E-state index contributed by atoms with van der Waals surface area (Å²) in [5.74, 6) is 0.792. The molecule has 0 fully saturated rings. The van der Waals surface area contributed by atoms with Gasteiger partial charge in [-0.3, -0.25) is 4.98 Å². The minimum atomic E-state index is 0.447. The lowest BCUT2D eigenvalue weighted by molar-refractivity contribution is 0.297. The lowest BCUT2D eigenvalue weighted by atomic mass is 10.3. The lowest BCUT2D eigenvalue weighted by Crippen LogP contribution is -1.98. The summed E-state index contributed by atoms with van der Waals surface area (Å²) in [6.07, 6.45) is 1.74. The molecule has 0 aliphatic heterocycles. The molecule has 2 heterocycles. The Labute approximate surface area is 85.7 Å². The molecule has 2 aromatic rings. The zero-order valence-electron chi connectivity index (χ0n) is 7.67. The van der Waals surface area contributed by atoms with Crippen LogP contribution in [0.15, 0.2) is 23.7 Å². The molecule has 0 aromatic carbocycles. The molecule has 0 N–H and O–H groups in total. The molecule has 0 amide bonds. The van der Waals surface area contributed by atoms with Gasteiger partial charge in [-0.05, 0) is 30.6 Å². The molecule has 4 nitrogen and oxygen atoms in total. The second-order valence-corrected chi connectivity index (χ2v) is 3.38. The molecule has 14 heavy (non-hydrogen) atoms. The number of rotatable bonds is 3. The average Bonchev–Trinajstić information content (AvgIpc) is 2.69. The number of pyridine rings is 1. The van der Waals surface area contributed by atoms with E-state index in [0.29, 0.717) is 6.61 Å². The minimum absolute atomic E-state index is 0.447. The van der Waals surface area contributed by atoms with Gasteiger partial charge in [0.1, 0.15) is 18.1 Å². The molecule has 2 aromatic heterocycles. The van der Waals surface area contributed by atoms with Crippen molar-refractivity contribution in [2.45, 2.75) is 13.5 Å². The van der Waals surface area contributed by atoms with Gasteiger partial charge < -0.3 is 4.74 Å². The molecule has 0 spiro atoms. The molecule has 0 atom stereocenters. The number of ether oxygens (including phenoxy) is 1. The standard InChI is InChI=1S/C9H9N3OS/c1-7-9(3-2-4-10-7)13-5-8-6-14-12-11-8/h2-4,6H,5H2,1H3. The van der Waals surface area contributed by atoms with Crippen LogP contribution in [0.25, 0.3) is 0 Å². The fraction of sp³-hybridized carbons (Fsp3) is 0.222. The average molecular weight is 207 g/mol. The number of hydrogen-bond acceptors (Lipinski definition) is 5. The largest absolute Gasteiger partial charge is 0.485 e. The summed E-state index contributed by atoms with van der Waals surface area (Å²) in [5, 5.41) is 5.75. The van der Waals surface area contributed by atoms with Crippen LogP contribution in [-0.2, 0) is 6.61 Å². The molecule has 5 heteroatoms. The van der Waals surface area contributed by atoms with E-state index >= 15 is 0 Å². The SMILES string of the molecule is Cc1ncccc1OCc1csnn1. The normalized spacial score (nSPS) is 10.1. The van der Waals surface area contributed by atoms with Crippen molar-refractivity contribution < 1.29 is 4.74 Å². The first-order chi connectivity index (χ1) is 6.86. The highest BCUT2D eigenvalue weighted by Crippen LogP contribution is 2.15. The van der Waals surface area contributed by atoms with Crippen molar-refractivity contribution in [3.05, 3.63) is 35.1 Å². The fourth-order valence-corrected chi connectivity index (χ4v) is 1.46. The Kier molecular flexibility index (Phi) is 2.69. The van der Waals surface area contributed by atoms with Crippen molar-refractivity contribution >= 4 is 11.5 Å². The Balaban J connectivity index is 2.02. The van der Waals surface area contributed by atoms with E-state index in [4.69, 9.17) is 4.74 Å². The number of aryl methyl sites for hydroxylation is 1. The quantitative estimate of drug-likeness (QED) is 0.770. The highest BCUT2D eigenvalue weighted by Gasteiger charge is 2.01. The van der Waals surface area contributed by atoms with Gasteiger partial charge in [0.25, 0.3) is 0 Å². The van der Waals surface area contributed by atoms with Crippen molar-refractivity contribution in [3.63, 3.8) is 0 Å². The predicted molar refractivity (Wildman–Crippen MR) is 53.2 cm³/mol. The first kappa shape index (κ1) is 9.08. The van der Waals surface area contributed by atoms with E-state index in [0.717, 1.165) is 17.1 Å². The van der Waals surface area contributed by atoms with Crippen LogP contribution in [0.2, 0.25) is 0 Å². The smallest absolute Gasteiger partial charge is 0.141 e. The van der Waals surface area contributed by atoms with E-state index in [2.05, 4.69) is 14.6 Å².